The van der Waals surface area contributed by atoms with Gasteiger partial charge in [0.15, 0.2) is 0 Å². The fourth-order valence-corrected chi connectivity index (χ4v) is 6.01. The number of hydrogen-bond acceptors (Lipinski definition) is 5. The van der Waals surface area contributed by atoms with Gasteiger partial charge in [0.2, 0.25) is 17.7 Å². The maximum absolute atomic E-state index is 13.9. The van der Waals surface area contributed by atoms with Crippen molar-refractivity contribution < 1.29 is 23.9 Å². The van der Waals surface area contributed by atoms with Gasteiger partial charge in [-0.05, 0) is 52.7 Å². The number of anilines is 1. The van der Waals surface area contributed by atoms with Crippen molar-refractivity contribution in [2.45, 2.75) is 69.4 Å². The molecule has 182 valence electrons. The molecule has 2 N–H and O–H groups in total. The maximum Gasteiger partial charge on any atom is 0.246 e. The van der Waals surface area contributed by atoms with Crippen LogP contribution in [0, 0.1) is 11.8 Å². The Hall–Kier alpha value is -2.71. The number of amides is 3. The second kappa shape index (κ2) is 7.92. The molecule has 0 aromatic heterocycles. The van der Waals surface area contributed by atoms with E-state index >= 15 is 0 Å². The molecule has 34 heavy (non-hydrogen) atoms. The van der Waals surface area contributed by atoms with E-state index in [2.05, 4.69) is 10.6 Å². The van der Waals surface area contributed by atoms with Crippen LogP contribution in [-0.2, 0) is 23.9 Å². The Labute approximate surface area is 200 Å². The molecule has 8 nitrogen and oxygen atoms in total. The summed E-state index contributed by atoms with van der Waals surface area (Å²) in [6, 6.07) is 8.29. The van der Waals surface area contributed by atoms with Gasteiger partial charge in [-0.1, -0.05) is 30.4 Å². The van der Waals surface area contributed by atoms with E-state index in [1.165, 1.54) is 0 Å². The lowest BCUT2D eigenvalue weighted by Gasteiger charge is -2.35. The predicted octanol–water partition coefficient (Wildman–Crippen LogP) is 2.26. The van der Waals surface area contributed by atoms with Crippen LogP contribution in [0.4, 0.5) is 5.69 Å². The molecule has 3 amide bonds. The molecular formula is C26H33N3O5. The summed E-state index contributed by atoms with van der Waals surface area (Å²) in [5.41, 5.74) is -2.01. The molecule has 0 aliphatic carbocycles. The van der Waals surface area contributed by atoms with Crippen LogP contribution in [0.5, 0.6) is 0 Å². The lowest BCUT2D eigenvalue weighted by atomic mass is 9.70. The van der Waals surface area contributed by atoms with Crippen molar-refractivity contribution in [3.05, 3.63) is 42.5 Å². The summed E-state index contributed by atoms with van der Waals surface area (Å²) in [5.74, 6) is -2.34. The van der Waals surface area contributed by atoms with E-state index in [0.717, 1.165) is 12.8 Å². The summed E-state index contributed by atoms with van der Waals surface area (Å²) in [7, 11) is 0. The van der Waals surface area contributed by atoms with Gasteiger partial charge in [-0.2, -0.15) is 0 Å². The van der Waals surface area contributed by atoms with E-state index in [0.29, 0.717) is 18.8 Å². The van der Waals surface area contributed by atoms with Crippen molar-refractivity contribution in [1.29, 1.82) is 0 Å². The number of nitrogens with one attached hydrogen (secondary N) is 2. The van der Waals surface area contributed by atoms with E-state index in [4.69, 9.17) is 9.47 Å². The summed E-state index contributed by atoms with van der Waals surface area (Å²) < 4.78 is 12.3. The van der Waals surface area contributed by atoms with Crippen molar-refractivity contribution >= 4 is 23.4 Å². The monoisotopic (exact) mass is 467 g/mol. The molecule has 1 aromatic rings. The second-order valence-corrected chi connectivity index (χ2v) is 11.1. The van der Waals surface area contributed by atoms with Crippen molar-refractivity contribution in [3.63, 3.8) is 0 Å². The lowest BCUT2D eigenvalue weighted by molar-refractivity contribution is -0.146. The minimum absolute atomic E-state index is 0.127. The minimum atomic E-state index is -1.20. The number of benzene rings is 1. The first-order valence-electron chi connectivity index (χ1n) is 12.0. The van der Waals surface area contributed by atoms with Gasteiger partial charge in [-0.25, -0.2) is 0 Å². The molecule has 2 bridgehead atoms. The Bertz CT molecular complexity index is 1030. The van der Waals surface area contributed by atoms with Crippen molar-refractivity contribution in [2.75, 3.05) is 18.5 Å². The Kier molecular flexibility index (Phi) is 5.37. The van der Waals surface area contributed by atoms with Crippen molar-refractivity contribution in [2.24, 2.45) is 11.8 Å². The van der Waals surface area contributed by atoms with Gasteiger partial charge in [-0.15, -0.1) is 0 Å². The van der Waals surface area contributed by atoms with E-state index < -0.39 is 34.6 Å². The molecule has 4 heterocycles. The smallest absolute Gasteiger partial charge is 0.246 e. The zero-order chi connectivity index (χ0) is 24.3. The van der Waals surface area contributed by atoms with Crippen LogP contribution in [0.1, 0.15) is 40.5 Å². The highest BCUT2D eigenvalue weighted by Crippen LogP contribution is 2.60. The quantitative estimate of drug-likeness (QED) is 0.648. The first kappa shape index (κ1) is 23.1. The summed E-state index contributed by atoms with van der Waals surface area (Å²) in [6.45, 7) is 8.49. The molecule has 5 rings (SSSR count). The molecule has 1 spiro atoms. The second-order valence-electron chi connectivity index (χ2n) is 11.1. The van der Waals surface area contributed by atoms with Crippen LogP contribution in [0.15, 0.2) is 42.5 Å². The molecule has 0 saturated carbocycles. The van der Waals surface area contributed by atoms with Crippen LogP contribution in [-0.4, -0.2) is 64.7 Å². The highest BCUT2D eigenvalue weighted by atomic mass is 16.5. The number of likely N-dealkylation sites (tertiary alicyclic amines) is 1. The van der Waals surface area contributed by atoms with E-state index in [9.17, 15) is 14.4 Å². The Morgan fingerprint density at radius 3 is 2.53 bits per heavy atom. The van der Waals surface area contributed by atoms with Crippen LogP contribution in [0.3, 0.4) is 0 Å². The summed E-state index contributed by atoms with van der Waals surface area (Å²) in [4.78, 5) is 42.7. The predicted molar refractivity (Wildman–Crippen MR) is 126 cm³/mol. The topological polar surface area (TPSA) is 97.0 Å². The normalized spacial score (nSPS) is 36.1. The number of ether oxygens (including phenoxy) is 2. The summed E-state index contributed by atoms with van der Waals surface area (Å²) >= 11 is 0. The largest absolute Gasteiger partial charge is 0.376 e. The molecule has 0 radical (unpaired) electrons. The van der Waals surface area contributed by atoms with E-state index in [1.54, 1.807) is 17.0 Å². The molecule has 4 aliphatic rings. The third kappa shape index (κ3) is 3.64. The minimum Gasteiger partial charge on any atom is -0.376 e. The van der Waals surface area contributed by atoms with Crippen LogP contribution in [0.25, 0.3) is 0 Å². The highest BCUT2D eigenvalue weighted by molar-refractivity contribution is 6.03. The Morgan fingerprint density at radius 1 is 1.15 bits per heavy atom. The molecular weight excluding hydrogens is 434 g/mol. The van der Waals surface area contributed by atoms with Gasteiger partial charge in [0, 0.05) is 24.4 Å². The standard InChI is InChI=1S/C26H33N3O5/c1-24(2,3)28-22(31)20-26-13-12-25(4,34-26)18(21(30)27-16-9-6-5-7-10-16)19(26)23(32)29(20)15-17-11-8-14-33-17/h5-7,9-10,12-13,17-20H,8,11,14-15H2,1-4H3,(H,27,30)(H,28,31)/t17-,18+,19-,20+,25+,26+/m0/s1. The van der Waals surface area contributed by atoms with Gasteiger partial charge >= 0.3 is 0 Å². The van der Waals surface area contributed by atoms with E-state index in [-0.39, 0.29) is 23.8 Å². The molecule has 3 saturated heterocycles. The average Bonchev–Trinajstić information content (AvgIpc) is 3.48. The van der Waals surface area contributed by atoms with Gasteiger partial charge in [0.05, 0.1) is 23.5 Å². The summed E-state index contributed by atoms with van der Waals surface area (Å²) in [6.07, 6.45) is 5.32. The number of carbonyl (C=O) groups is 3. The third-order valence-corrected chi connectivity index (χ3v) is 7.29. The fraction of sp³-hybridized carbons (Fsp3) is 0.577. The molecule has 8 heteroatoms. The number of para-hydroxylation sites is 1. The number of hydrogen-bond donors (Lipinski definition) is 2. The van der Waals surface area contributed by atoms with Crippen molar-refractivity contribution in [3.8, 4) is 0 Å². The summed E-state index contributed by atoms with van der Waals surface area (Å²) in [5, 5.41) is 5.98. The Morgan fingerprint density at radius 2 is 1.88 bits per heavy atom. The van der Waals surface area contributed by atoms with Gasteiger partial charge in [0.1, 0.15) is 11.6 Å². The third-order valence-electron chi connectivity index (χ3n) is 7.29. The fourth-order valence-electron chi connectivity index (χ4n) is 6.01. The number of rotatable bonds is 5. The SMILES string of the molecule is CC(C)(C)NC(=O)[C@H]1N(C[C@@H]2CCCO2)C(=O)[C@@H]2[C@H](C(=O)Nc3ccccc3)[C@@]3(C)C=C[C@@]21O3. The first-order valence-corrected chi connectivity index (χ1v) is 12.0. The lowest BCUT2D eigenvalue weighted by Crippen LogP contribution is -2.58. The zero-order valence-corrected chi connectivity index (χ0v) is 20.2. The first-order chi connectivity index (χ1) is 16.0. The van der Waals surface area contributed by atoms with Gasteiger partial charge < -0.3 is 25.0 Å². The number of nitrogens with zero attached hydrogens (tertiary/aromatic N) is 1. The average molecular weight is 468 g/mol. The number of fused-ring (bicyclic) bond motifs is 1. The van der Waals surface area contributed by atoms with Crippen LogP contribution < -0.4 is 10.6 Å². The molecule has 6 atom stereocenters. The number of carbonyl (C=O) groups excluding carboxylic acids is 3. The van der Waals surface area contributed by atoms with E-state index in [1.807, 2.05) is 58.0 Å². The molecule has 1 aromatic carbocycles. The highest BCUT2D eigenvalue weighted by Gasteiger charge is 2.76. The molecule has 4 aliphatic heterocycles. The van der Waals surface area contributed by atoms with Gasteiger partial charge in [0.25, 0.3) is 0 Å². The van der Waals surface area contributed by atoms with Crippen molar-refractivity contribution in [1.82, 2.24) is 10.2 Å². The maximum atomic E-state index is 13.9. The molecule has 3 fully saturated rings. The van der Waals surface area contributed by atoms with Crippen LogP contribution in [0.2, 0.25) is 0 Å². The Balaban J connectivity index is 1.51. The zero-order valence-electron chi connectivity index (χ0n) is 20.2. The molecule has 0 unspecified atom stereocenters. The van der Waals surface area contributed by atoms with Gasteiger partial charge in [-0.3, -0.25) is 14.4 Å². The van der Waals surface area contributed by atoms with Crippen LogP contribution >= 0.6 is 0 Å².